The van der Waals surface area contributed by atoms with Crippen molar-refractivity contribution in [3.63, 3.8) is 0 Å². The third-order valence-electron chi connectivity index (χ3n) is 8.18. The number of piperazine rings is 1. The number of amides is 1. The van der Waals surface area contributed by atoms with Crippen molar-refractivity contribution in [1.29, 1.82) is 0 Å². The third kappa shape index (κ3) is 4.98. The van der Waals surface area contributed by atoms with Gasteiger partial charge < -0.3 is 24.4 Å². The number of rotatable bonds is 7. The molecular weight excluding hydrogens is 549 g/mol. The van der Waals surface area contributed by atoms with E-state index in [-0.39, 0.29) is 17.6 Å². The molecule has 2 aliphatic rings. The molecular formula is C31H30FN9O2. The van der Waals surface area contributed by atoms with Gasteiger partial charge in [-0.05, 0) is 56.0 Å². The Labute approximate surface area is 247 Å². The smallest absolute Gasteiger partial charge is 0.246 e. The highest BCUT2D eigenvalue weighted by Crippen LogP contribution is 2.38. The number of pyridine rings is 2. The molecule has 1 N–H and O–H groups in total. The van der Waals surface area contributed by atoms with Crippen LogP contribution in [0.25, 0.3) is 22.2 Å². The Morgan fingerprint density at radius 2 is 1.98 bits per heavy atom. The Kier molecular flexibility index (Phi) is 6.60. The summed E-state index contributed by atoms with van der Waals surface area (Å²) in [4.78, 5) is 39.0. The van der Waals surface area contributed by atoms with Crippen molar-refractivity contribution in [2.24, 2.45) is 13.0 Å². The third-order valence-corrected chi connectivity index (χ3v) is 8.18. The van der Waals surface area contributed by atoms with Crippen LogP contribution in [-0.2, 0) is 11.8 Å². The molecule has 1 saturated carbocycles. The highest BCUT2D eigenvalue weighted by Gasteiger charge is 2.40. The summed E-state index contributed by atoms with van der Waals surface area (Å²) in [5, 5.41) is 3.12. The first-order valence-corrected chi connectivity index (χ1v) is 14.2. The van der Waals surface area contributed by atoms with E-state index in [1.165, 1.54) is 12.4 Å². The van der Waals surface area contributed by atoms with Gasteiger partial charge in [0.1, 0.15) is 34.7 Å². The maximum Gasteiger partial charge on any atom is 0.246 e. The number of ether oxygens (including phenoxy) is 1. The molecule has 43 heavy (non-hydrogen) atoms. The van der Waals surface area contributed by atoms with Crippen LogP contribution in [0.3, 0.4) is 0 Å². The lowest BCUT2D eigenvalue weighted by Crippen LogP contribution is -2.56. The Hall–Kier alpha value is -5.13. The van der Waals surface area contributed by atoms with Crippen molar-refractivity contribution in [3.05, 3.63) is 73.2 Å². The van der Waals surface area contributed by atoms with Crippen molar-refractivity contribution in [2.75, 3.05) is 29.9 Å². The number of carbonyl (C=O) groups excluding carboxylic acids is 1. The van der Waals surface area contributed by atoms with Crippen LogP contribution in [0, 0.1) is 18.7 Å². The molecule has 5 aromatic rings. The lowest BCUT2D eigenvalue weighted by molar-refractivity contribution is -0.129. The van der Waals surface area contributed by atoms with E-state index in [4.69, 9.17) is 9.72 Å². The number of anilines is 3. The summed E-state index contributed by atoms with van der Waals surface area (Å²) in [5.41, 5.74) is 3.15. The molecule has 11 nitrogen and oxygen atoms in total. The molecule has 0 radical (unpaired) electrons. The Balaban J connectivity index is 1.14. The SMILES string of the molecule is C=CC(=O)N1CCN(c2ccc3ncnc(Nc4ccc(Oc5cnc6c(c5)ncn6C)c(C)c4F)c3n2)C[C@H]1C1CC1. The summed E-state index contributed by atoms with van der Waals surface area (Å²) in [6.45, 7) is 7.28. The number of benzene rings is 1. The molecule has 1 saturated heterocycles. The van der Waals surface area contributed by atoms with Crippen LogP contribution < -0.4 is 15.0 Å². The van der Waals surface area contributed by atoms with E-state index in [0.29, 0.717) is 65.0 Å². The van der Waals surface area contributed by atoms with Crippen molar-refractivity contribution in [2.45, 2.75) is 25.8 Å². The maximum absolute atomic E-state index is 15.6. The molecule has 12 heteroatoms. The van der Waals surface area contributed by atoms with Crippen LogP contribution in [0.15, 0.2) is 61.8 Å². The number of fused-ring (bicyclic) bond motifs is 2. The summed E-state index contributed by atoms with van der Waals surface area (Å²) in [5.74, 6) is 1.99. The van der Waals surface area contributed by atoms with Gasteiger partial charge in [0.2, 0.25) is 5.91 Å². The van der Waals surface area contributed by atoms with Gasteiger partial charge in [0.15, 0.2) is 17.3 Å². The van der Waals surface area contributed by atoms with Crippen molar-refractivity contribution < 1.29 is 13.9 Å². The van der Waals surface area contributed by atoms with Crippen LogP contribution in [0.5, 0.6) is 11.5 Å². The van der Waals surface area contributed by atoms with Gasteiger partial charge in [-0.2, -0.15) is 0 Å². The molecule has 218 valence electrons. The molecule has 4 aromatic heterocycles. The zero-order chi connectivity index (χ0) is 29.7. The summed E-state index contributed by atoms with van der Waals surface area (Å²) < 4.78 is 23.4. The molecule has 0 spiro atoms. The lowest BCUT2D eigenvalue weighted by Gasteiger charge is -2.42. The summed E-state index contributed by atoms with van der Waals surface area (Å²) in [6, 6.07) is 9.03. The summed E-state index contributed by atoms with van der Waals surface area (Å²) in [7, 11) is 1.87. The Bertz CT molecular complexity index is 1890. The zero-order valence-electron chi connectivity index (χ0n) is 23.9. The molecule has 7 rings (SSSR count). The van der Waals surface area contributed by atoms with Crippen molar-refractivity contribution in [3.8, 4) is 11.5 Å². The first-order chi connectivity index (χ1) is 20.9. The fraction of sp³-hybridized carbons (Fsp3) is 0.290. The Morgan fingerprint density at radius 1 is 1.12 bits per heavy atom. The first-order valence-electron chi connectivity index (χ1n) is 14.2. The van der Waals surface area contributed by atoms with Crippen molar-refractivity contribution >= 4 is 45.4 Å². The van der Waals surface area contributed by atoms with E-state index < -0.39 is 5.82 Å². The quantitative estimate of drug-likeness (QED) is 0.269. The number of hydrogen-bond acceptors (Lipinski definition) is 9. The highest BCUT2D eigenvalue weighted by molar-refractivity contribution is 5.89. The molecule has 1 aliphatic heterocycles. The monoisotopic (exact) mass is 579 g/mol. The molecule has 0 bridgehead atoms. The van der Waals surface area contributed by atoms with E-state index >= 15 is 4.39 Å². The van der Waals surface area contributed by atoms with Gasteiger partial charge in [-0.15, -0.1) is 0 Å². The second-order valence-corrected chi connectivity index (χ2v) is 11.0. The number of carbonyl (C=O) groups is 1. The molecule has 1 aliphatic carbocycles. The zero-order valence-corrected chi connectivity index (χ0v) is 23.9. The number of aromatic nitrogens is 6. The van der Waals surface area contributed by atoms with Gasteiger partial charge >= 0.3 is 0 Å². The van der Waals surface area contributed by atoms with E-state index in [1.54, 1.807) is 37.6 Å². The molecule has 1 amide bonds. The second kappa shape index (κ2) is 10.6. The number of nitrogens with one attached hydrogen (secondary N) is 1. The number of hydrogen-bond donors (Lipinski definition) is 1. The van der Waals surface area contributed by atoms with Gasteiger partial charge in [-0.3, -0.25) is 4.79 Å². The fourth-order valence-corrected chi connectivity index (χ4v) is 5.67. The largest absolute Gasteiger partial charge is 0.455 e. The highest BCUT2D eigenvalue weighted by atomic mass is 19.1. The standard InChI is InChI=1S/C31H30FN9O2/c1-4-27(42)41-12-11-40(15-24(41)19-5-6-19)26-10-8-22-29(38-26)30(35-16-34-22)37-21-7-9-25(18(2)28(21)32)43-20-13-23-31(33-14-20)39(3)17-36-23/h4,7-10,13-14,16-17,19,24H,1,5-6,11-12,15H2,2-3H3,(H,34,35,37)/t24-/m0/s1. The lowest BCUT2D eigenvalue weighted by atomic mass is 10.1. The van der Waals surface area contributed by atoms with E-state index in [2.05, 4.69) is 36.7 Å². The van der Waals surface area contributed by atoms with Crippen LogP contribution >= 0.6 is 0 Å². The van der Waals surface area contributed by atoms with E-state index in [9.17, 15) is 4.79 Å². The van der Waals surface area contributed by atoms with Crippen molar-refractivity contribution in [1.82, 2.24) is 34.4 Å². The summed E-state index contributed by atoms with van der Waals surface area (Å²) in [6.07, 6.45) is 8.34. The van der Waals surface area contributed by atoms with Gasteiger partial charge in [0.25, 0.3) is 0 Å². The minimum Gasteiger partial charge on any atom is -0.455 e. The number of nitrogens with zero attached hydrogens (tertiary/aromatic N) is 8. The number of imidazole rings is 1. The fourth-order valence-electron chi connectivity index (χ4n) is 5.67. The maximum atomic E-state index is 15.6. The normalized spacial score (nSPS) is 17.0. The van der Waals surface area contributed by atoms with Crippen LogP contribution in [0.2, 0.25) is 0 Å². The molecule has 1 aromatic carbocycles. The molecule has 0 unspecified atom stereocenters. The predicted octanol–water partition coefficient (Wildman–Crippen LogP) is 4.90. The summed E-state index contributed by atoms with van der Waals surface area (Å²) >= 11 is 0. The van der Waals surface area contributed by atoms with Gasteiger partial charge in [0.05, 0.1) is 29.8 Å². The minimum absolute atomic E-state index is 0.0254. The van der Waals surface area contributed by atoms with Crippen LogP contribution in [0.4, 0.5) is 21.7 Å². The van der Waals surface area contributed by atoms with Crippen LogP contribution in [-0.4, -0.2) is 66.0 Å². The predicted molar refractivity (Wildman–Crippen MR) is 161 cm³/mol. The molecule has 1 atom stereocenters. The second-order valence-electron chi connectivity index (χ2n) is 11.0. The Morgan fingerprint density at radius 3 is 2.79 bits per heavy atom. The first kappa shape index (κ1) is 26.7. The van der Waals surface area contributed by atoms with Crippen LogP contribution in [0.1, 0.15) is 18.4 Å². The van der Waals surface area contributed by atoms with E-state index in [0.717, 1.165) is 24.3 Å². The molecule has 5 heterocycles. The molecule has 2 fully saturated rings. The average molecular weight is 580 g/mol. The average Bonchev–Trinajstić information content (AvgIpc) is 3.82. The van der Waals surface area contributed by atoms with Gasteiger partial charge in [-0.25, -0.2) is 29.3 Å². The topological polar surface area (TPSA) is 114 Å². The number of aryl methyl sites for hydroxylation is 1. The number of halogens is 1. The van der Waals surface area contributed by atoms with Gasteiger partial charge in [-0.1, -0.05) is 6.58 Å². The minimum atomic E-state index is -0.470. The van der Waals surface area contributed by atoms with Gasteiger partial charge in [0, 0.05) is 38.3 Å². The van der Waals surface area contributed by atoms with E-state index in [1.807, 2.05) is 28.6 Å².